The van der Waals surface area contributed by atoms with Gasteiger partial charge in [0.2, 0.25) is 0 Å². The molecular weight excluding hydrogens is 228 g/mol. The molecule has 0 radical (unpaired) electrons. The monoisotopic (exact) mass is 248 g/mol. The summed E-state index contributed by atoms with van der Waals surface area (Å²) in [6.45, 7) is 2.11. The fraction of sp³-hybridized carbons (Fsp3) is 0.500. The zero-order chi connectivity index (χ0) is 12.3. The first kappa shape index (κ1) is 12.5. The molecule has 0 unspecified atom stereocenters. The highest BCUT2D eigenvalue weighted by Gasteiger charge is 2.15. The van der Waals surface area contributed by atoms with E-state index in [0.717, 1.165) is 10.8 Å². The molecule has 17 heavy (non-hydrogen) atoms. The molecule has 1 aliphatic carbocycles. The summed E-state index contributed by atoms with van der Waals surface area (Å²) >= 11 is 2.00. The first-order valence-corrected chi connectivity index (χ1v) is 7.16. The number of benzene rings is 1. The van der Waals surface area contributed by atoms with E-state index in [4.69, 9.17) is 11.1 Å². The Labute approximate surface area is 107 Å². The summed E-state index contributed by atoms with van der Waals surface area (Å²) in [6.07, 6.45) is 6.85. The van der Waals surface area contributed by atoms with E-state index in [0.29, 0.717) is 0 Å². The third-order valence-corrected chi connectivity index (χ3v) is 4.85. The van der Waals surface area contributed by atoms with Crippen LogP contribution in [-0.4, -0.2) is 11.1 Å². The van der Waals surface area contributed by atoms with Crippen LogP contribution in [0.5, 0.6) is 0 Å². The van der Waals surface area contributed by atoms with Gasteiger partial charge in [0.05, 0.1) is 0 Å². The maximum Gasteiger partial charge on any atom is 0.122 e. The lowest BCUT2D eigenvalue weighted by molar-refractivity contribution is 0.516. The van der Waals surface area contributed by atoms with Crippen molar-refractivity contribution in [2.75, 3.05) is 0 Å². The lowest BCUT2D eigenvalue weighted by atomic mass is 10.0. The summed E-state index contributed by atoms with van der Waals surface area (Å²) in [4.78, 5) is 1.35. The summed E-state index contributed by atoms with van der Waals surface area (Å²) < 4.78 is 0. The standard InChI is InChI=1S/C14H20N2S/c1-10-9-11(14(15)16)7-8-13(10)17-12-5-3-2-4-6-12/h7-9,12H,2-6H2,1H3,(H3,15,16). The molecular formula is C14H20N2S. The van der Waals surface area contributed by atoms with E-state index < -0.39 is 0 Å². The van der Waals surface area contributed by atoms with E-state index in [1.807, 2.05) is 23.9 Å². The third kappa shape index (κ3) is 3.25. The van der Waals surface area contributed by atoms with Crippen LogP contribution < -0.4 is 5.73 Å². The maximum absolute atomic E-state index is 7.43. The maximum atomic E-state index is 7.43. The molecule has 0 saturated heterocycles. The molecule has 1 aliphatic rings. The minimum Gasteiger partial charge on any atom is -0.384 e. The molecule has 2 nitrogen and oxygen atoms in total. The van der Waals surface area contributed by atoms with Crippen molar-refractivity contribution < 1.29 is 0 Å². The molecule has 0 aliphatic heterocycles. The Kier molecular flexibility index (Phi) is 4.11. The SMILES string of the molecule is Cc1cc(C(=N)N)ccc1SC1CCCCC1. The van der Waals surface area contributed by atoms with Gasteiger partial charge in [0.25, 0.3) is 0 Å². The van der Waals surface area contributed by atoms with E-state index >= 15 is 0 Å². The van der Waals surface area contributed by atoms with Crippen LogP contribution in [0.4, 0.5) is 0 Å². The minimum absolute atomic E-state index is 0.155. The summed E-state index contributed by atoms with van der Waals surface area (Å²) in [5.74, 6) is 0.155. The minimum atomic E-state index is 0.155. The van der Waals surface area contributed by atoms with Crippen molar-refractivity contribution in [1.82, 2.24) is 0 Å². The van der Waals surface area contributed by atoms with Crippen LogP contribution in [0, 0.1) is 12.3 Å². The molecule has 1 fully saturated rings. The van der Waals surface area contributed by atoms with E-state index in [-0.39, 0.29) is 5.84 Å². The Morgan fingerprint density at radius 2 is 2.00 bits per heavy atom. The van der Waals surface area contributed by atoms with Gasteiger partial charge in [-0.1, -0.05) is 25.3 Å². The third-order valence-electron chi connectivity index (χ3n) is 3.33. The topological polar surface area (TPSA) is 49.9 Å². The van der Waals surface area contributed by atoms with Crippen LogP contribution >= 0.6 is 11.8 Å². The molecule has 0 atom stereocenters. The van der Waals surface area contributed by atoms with E-state index in [9.17, 15) is 0 Å². The largest absolute Gasteiger partial charge is 0.384 e. The van der Waals surface area contributed by atoms with Crippen molar-refractivity contribution in [3.8, 4) is 0 Å². The lowest BCUT2D eigenvalue weighted by Crippen LogP contribution is -2.11. The molecule has 3 heteroatoms. The molecule has 0 bridgehead atoms. The van der Waals surface area contributed by atoms with E-state index in [2.05, 4.69) is 13.0 Å². The number of nitrogens with two attached hydrogens (primary N) is 1. The zero-order valence-electron chi connectivity index (χ0n) is 10.3. The van der Waals surface area contributed by atoms with Crippen molar-refractivity contribution in [2.24, 2.45) is 5.73 Å². The van der Waals surface area contributed by atoms with Crippen molar-refractivity contribution in [3.05, 3.63) is 29.3 Å². The molecule has 2 rings (SSSR count). The predicted octanol–water partition coefficient (Wildman–Crippen LogP) is 3.70. The Bertz CT molecular complexity index is 409. The van der Waals surface area contributed by atoms with Crippen molar-refractivity contribution >= 4 is 17.6 Å². The number of rotatable bonds is 3. The predicted molar refractivity (Wildman–Crippen MR) is 74.9 cm³/mol. The summed E-state index contributed by atoms with van der Waals surface area (Å²) in [5, 5.41) is 8.21. The fourth-order valence-corrected chi connectivity index (χ4v) is 3.63. The normalized spacial score (nSPS) is 17.0. The number of aryl methyl sites for hydroxylation is 1. The smallest absolute Gasteiger partial charge is 0.122 e. The van der Waals surface area contributed by atoms with Gasteiger partial charge in [-0.05, 0) is 37.5 Å². The average Bonchev–Trinajstić information content (AvgIpc) is 2.33. The van der Waals surface area contributed by atoms with Gasteiger partial charge < -0.3 is 5.73 Å². The molecule has 92 valence electrons. The van der Waals surface area contributed by atoms with Crippen LogP contribution in [-0.2, 0) is 0 Å². The van der Waals surface area contributed by atoms with Crippen molar-refractivity contribution in [2.45, 2.75) is 49.2 Å². The van der Waals surface area contributed by atoms with Gasteiger partial charge >= 0.3 is 0 Å². The molecule has 0 spiro atoms. The quantitative estimate of drug-likeness (QED) is 0.633. The molecule has 1 aromatic rings. The van der Waals surface area contributed by atoms with Gasteiger partial charge in [0.15, 0.2) is 0 Å². The Hall–Kier alpha value is -0.960. The van der Waals surface area contributed by atoms with Crippen LogP contribution in [0.1, 0.15) is 43.2 Å². The van der Waals surface area contributed by atoms with Crippen LogP contribution in [0.3, 0.4) is 0 Å². The number of amidine groups is 1. The van der Waals surface area contributed by atoms with Crippen molar-refractivity contribution in [3.63, 3.8) is 0 Å². The van der Waals surface area contributed by atoms with Crippen LogP contribution in [0.2, 0.25) is 0 Å². The summed E-state index contributed by atoms with van der Waals surface area (Å²) in [6, 6.07) is 6.10. The molecule has 3 N–H and O–H groups in total. The first-order chi connectivity index (χ1) is 8.16. The van der Waals surface area contributed by atoms with E-state index in [1.54, 1.807) is 0 Å². The molecule has 1 saturated carbocycles. The number of nitrogens with one attached hydrogen (secondary N) is 1. The van der Waals surface area contributed by atoms with Crippen molar-refractivity contribution in [1.29, 1.82) is 5.41 Å². The van der Waals surface area contributed by atoms with Gasteiger partial charge in [-0.2, -0.15) is 0 Å². The molecule has 0 amide bonds. The van der Waals surface area contributed by atoms with Crippen LogP contribution in [0.15, 0.2) is 23.1 Å². The number of thioether (sulfide) groups is 1. The highest BCUT2D eigenvalue weighted by atomic mass is 32.2. The second kappa shape index (κ2) is 5.58. The molecule has 0 heterocycles. The highest BCUT2D eigenvalue weighted by molar-refractivity contribution is 8.00. The molecule has 1 aromatic carbocycles. The van der Waals surface area contributed by atoms with Crippen LogP contribution in [0.25, 0.3) is 0 Å². The zero-order valence-corrected chi connectivity index (χ0v) is 11.1. The number of hydrogen-bond acceptors (Lipinski definition) is 2. The first-order valence-electron chi connectivity index (χ1n) is 6.28. The van der Waals surface area contributed by atoms with Gasteiger partial charge in [-0.15, -0.1) is 11.8 Å². The van der Waals surface area contributed by atoms with Gasteiger partial charge in [-0.3, -0.25) is 5.41 Å². The van der Waals surface area contributed by atoms with Gasteiger partial charge in [0.1, 0.15) is 5.84 Å². The second-order valence-corrected chi connectivity index (χ2v) is 6.11. The summed E-state index contributed by atoms with van der Waals surface area (Å²) in [5.41, 5.74) is 7.57. The lowest BCUT2D eigenvalue weighted by Gasteiger charge is -2.21. The summed E-state index contributed by atoms with van der Waals surface area (Å²) in [7, 11) is 0. The fourth-order valence-electron chi connectivity index (χ4n) is 2.31. The Morgan fingerprint density at radius 1 is 1.29 bits per heavy atom. The van der Waals surface area contributed by atoms with Gasteiger partial charge in [0, 0.05) is 15.7 Å². The second-order valence-electron chi connectivity index (χ2n) is 4.77. The number of nitrogen functional groups attached to an aromatic ring is 1. The highest BCUT2D eigenvalue weighted by Crippen LogP contribution is 2.35. The van der Waals surface area contributed by atoms with E-state index in [1.165, 1.54) is 42.6 Å². The molecule has 0 aromatic heterocycles. The van der Waals surface area contributed by atoms with Gasteiger partial charge in [-0.25, -0.2) is 0 Å². The average molecular weight is 248 g/mol. The number of hydrogen-bond donors (Lipinski definition) is 2. The Balaban J connectivity index is 2.08. The Morgan fingerprint density at radius 3 is 2.59 bits per heavy atom.